The van der Waals surface area contributed by atoms with E-state index in [-0.39, 0.29) is 0 Å². The molecule has 0 saturated heterocycles. The maximum absolute atomic E-state index is 9.19. The molecular weight excluding hydrogens is 210 g/mol. The molecule has 0 amide bonds. The molecule has 0 radical (unpaired) electrons. The van der Waals surface area contributed by atoms with Crippen LogP contribution in [0, 0.1) is 13.8 Å². The Hall–Kier alpha value is -1.96. The molecule has 0 spiro atoms. The lowest BCUT2D eigenvalue weighted by molar-refractivity contribution is 0.475. The Morgan fingerprint density at radius 3 is 2.29 bits per heavy atom. The number of aromatic hydroxyl groups is 1. The van der Waals surface area contributed by atoms with E-state index in [0.717, 1.165) is 17.8 Å². The van der Waals surface area contributed by atoms with E-state index >= 15 is 0 Å². The molecule has 0 unspecified atom stereocenters. The topological polar surface area (TPSA) is 32.3 Å². The molecule has 88 valence electrons. The van der Waals surface area contributed by atoms with Crippen LogP contribution in [0.4, 0.5) is 5.69 Å². The van der Waals surface area contributed by atoms with Crippen molar-refractivity contribution in [1.82, 2.24) is 0 Å². The van der Waals surface area contributed by atoms with E-state index in [9.17, 15) is 5.11 Å². The number of nitrogens with one attached hydrogen (secondary N) is 1. The van der Waals surface area contributed by atoms with E-state index in [2.05, 4.69) is 37.4 Å². The Morgan fingerprint density at radius 1 is 0.941 bits per heavy atom. The van der Waals surface area contributed by atoms with Gasteiger partial charge in [0.15, 0.2) is 0 Å². The van der Waals surface area contributed by atoms with Crippen LogP contribution < -0.4 is 5.32 Å². The average molecular weight is 227 g/mol. The summed E-state index contributed by atoms with van der Waals surface area (Å²) < 4.78 is 0. The Kier molecular flexibility index (Phi) is 3.33. The first-order valence-corrected chi connectivity index (χ1v) is 5.74. The molecule has 0 heterocycles. The van der Waals surface area contributed by atoms with E-state index in [4.69, 9.17) is 0 Å². The molecule has 17 heavy (non-hydrogen) atoms. The summed E-state index contributed by atoms with van der Waals surface area (Å²) in [6.45, 7) is 4.99. The molecule has 0 aliphatic heterocycles. The zero-order valence-electron chi connectivity index (χ0n) is 10.2. The van der Waals surface area contributed by atoms with Crippen LogP contribution in [0.5, 0.6) is 5.75 Å². The summed E-state index contributed by atoms with van der Waals surface area (Å²) in [5, 5.41) is 12.6. The molecule has 2 aromatic rings. The normalized spacial score (nSPS) is 10.2. The smallest absolute Gasteiger partial charge is 0.115 e. The summed E-state index contributed by atoms with van der Waals surface area (Å²) >= 11 is 0. The van der Waals surface area contributed by atoms with Crippen molar-refractivity contribution in [2.24, 2.45) is 0 Å². The van der Waals surface area contributed by atoms with Crippen molar-refractivity contribution >= 4 is 5.69 Å². The van der Waals surface area contributed by atoms with Crippen molar-refractivity contribution in [2.45, 2.75) is 20.4 Å². The van der Waals surface area contributed by atoms with Crippen molar-refractivity contribution in [3.05, 3.63) is 59.2 Å². The third-order valence-electron chi connectivity index (χ3n) is 2.94. The van der Waals surface area contributed by atoms with Gasteiger partial charge in [0.1, 0.15) is 5.75 Å². The Balaban J connectivity index is 2.02. The average Bonchev–Trinajstić information content (AvgIpc) is 2.33. The van der Waals surface area contributed by atoms with Gasteiger partial charge in [-0.2, -0.15) is 0 Å². The molecule has 0 aliphatic carbocycles. The van der Waals surface area contributed by atoms with Crippen LogP contribution in [0.25, 0.3) is 0 Å². The lowest BCUT2D eigenvalue weighted by Crippen LogP contribution is -1.99. The highest BCUT2D eigenvalue weighted by atomic mass is 16.3. The zero-order valence-corrected chi connectivity index (χ0v) is 10.2. The van der Waals surface area contributed by atoms with Crippen molar-refractivity contribution in [1.29, 1.82) is 0 Å². The van der Waals surface area contributed by atoms with Crippen LogP contribution in [0.2, 0.25) is 0 Å². The second-order valence-corrected chi connectivity index (χ2v) is 4.32. The van der Waals surface area contributed by atoms with Gasteiger partial charge >= 0.3 is 0 Å². The van der Waals surface area contributed by atoms with Crippen LogP contribution in [-0.2, 0) is 6.54 Å². The van der Waals surface area contributed by atoms with Crippen molar-refractivity contribution < 1.29 is 5.11 Å². The number of anilines is 1. The van der Waals surface area contributed by atoms with Crippen LogP contribution in [0.15, 0.2) is 42.5 Å². The lowest BCUT2D eigenvalue weighted by Gasteiger charge is -2.08. The van der Waals surface area contributed by atoms with Gasteiger partial charge in [0.2, 0.25) is 0 Å². The largest absolute Gasteiger partial charge is 0.508 e. The minimum absolute atomic E-state index is 0.305. The summed E-state index contributed by atoms with van der Waals surface area (Å²) in [7, 11) is 0. The number of phenolic OH excluding ortho intramolecular Hbond substituents is 1. The van der Waals surface area contributed by atoms with Crippen LogP contribution in [0.1, 0.15) is 16.7 Å². The molecule has 2 heteroatoms. The molecule has 2 N–H and O–H groups in total. The molecule has 0 fully saturated rings. The highest BCUT2D eigenvalue weighted by Crippen LogP contribution is 2.16. The fourth-order valence-corrected chi connectivity index (χ4v) is 1.67. The SMILES string of the molecule is Cc1ccc(NCc2ccc(O)cc2)cc1C. The maximum Gasteiger partial charge on any atom is 0.115 e. The van der Waals surface area contributed by atoms with E-state index in [0.29, 0.717) is 5.75 Å². The fourth-order valence-electron chi connectivity index (χ4n) is 1.67. The second-order valence-electron chi connectivity index (χ2n) is 4.32. The molecule has 0 bridgehead atoms. The molecule has 2 rings (SSSR count). The first kappa shape index (κ1) is 11.5. The van der Waals surface area contributed by atoms with Gasteiger partial charge < -0.3 is 10.4 Å². The van der Waals surface area contributed by atoms with Gasteiger partial charge in [0.25, 0.3) is 0 Å². The van der Waals surface area contributed by atoms with Gasteiger partial charge in [0, 0.05) is 12.2 Å². The number of benzene rings is 2. The molecule has 2 nitrogen and oxygen atoms in total. The predicted octanol–water partition coefficient (Wildman–Crippen LogP) is 3.62. The van der Waals surface area contributed by atoms with Gasteiger partial charge in [0.05, 0.1) is 0 Å². The van der Waals surface area contributed by atoms with Crippen LogP contribution in [-0.4, -0.2) is 5.11 Å². The second kappa shape index (κ2) is 4.91. The zero-order chi connectivity index (χ0) is 12.3. The van der Waals surface area contributed by atoms with Crippen LogP contribution in [0.3, 0.4) is 0 Å². The Morgan fingerprint density at radius 2 is 1.65 bits per heavy atom. The van der Waals surface area contributed by atoms with Crippen LogP contribution >= 0.6 is 0 Å². The fraction of sp³-hybridized carbons (Fsp3) is 0.200. The summed E-state index contributed by atoms with van der Waals surface area (Å²) in [6, 6.07) is 13.6. The van der Waals surface area contributed by atoms with Gasteiger partial charge in [-0.15, -0.1) is 0 Å². The monoisotopic (exact) mass is 227 g/mol. The predicted molar refractivity (Wildman–Crippen MR) is 71.3 cm³/mol. The third kappa shape index (κ3) is 3.00. The minimum Gasteiger partial charge on any atom is -0.508 e. The summed E-state index contributed by atoms with van der Waals surface area (Å²) in [4.78, 5) is 0. The van der Waals surface area contributed by atoms with Crippen molar-refractivity contribution in [3.8, 4) is 5.75 Å². The van der Waals surface area contributed by atoms with Gasteiger partial charge in [-0.25, -0.2) is 0 Å². The van der Waals surface area contributed by atoms with E-state index in [1.54, 1.807) is 12.1 Å². The quantitative estimate of drug-likeness (QED) is 0.839. The summed E-state index contributed by atoms with van der Waals surface area (Å²) in [6.07, 6.45) is 0. The summed E-state index contributed by atoms with van der Waals surface area (Å²) in [5.74, 6) is 0.305. The third-order valence-corrected chi connectivity index (χ3v) is 2.94. The highest BCUT2D eigenvalue weighted by Gasteiger charge is 1.97. The molecule has 0 atom stereocenters. The number of phenols is 1. The first-order valence-electron chi connectivity index (χ1n) is 5.74. The van der Waals surface area contributed by atoms with E-state index in [1.807, 2.05) is 12.1 Å². The molecule has 0 aliphatic rings. The molecule has 0 saturated carbocycles. The Bertz CT molecular complexity index is 503. The number of hydrogen-bond acceptors (Lipinski definition) is 2. The number of aryl methyl sites for hydroxylation is 2. The Labute approximate surface area is 102 Å². The van der Waals surface area contributed by atoms with Crippen molar-refractivity contribution in [3.63, 3.8) is 0 Å². The lowest BCUT2D eigenvalue weighted by atomic mass is 10.1. The minimum atomic E-state index is 0.305. The van der Waals surface area contributed by atoms with Gasteiger partial charge in [-0.1, -0.05) is 18.2 Å². The summed E-state index contributed by atoms with van der Waals surface area (Å²) in [5.41, 5.74) is 4.88. The standard InChI is InChI=1S/C15H17NO/c1-11-3-6-14(9-12(11)2)16-10-13-4-7-15(17)8-5-13/h3-9,16-17H,10H2,1-2H3. The molecule has 2 aromatic carbocycles. The maximum atomic E-state index is 9.19. The van der Waals surface area contributed by atoms with Gasteiger partial charge in [-0.3, -0.25) is 0 Å². The molecular formula is C15H17NO. The van der Waals surface area contributed by atoms with Crippen molar-refractivity contribution in [2.75, 3.05) is 5.32 Å². The molecule has 0 aromatic heterocycles. The number of hydrogen-bond donors (Lipinski definition) is 2. The van der Waals surface area contributed by atoms with E-state index < -0.39 is 0 Å². The highest BCUT2D eigenvalue weighted by molar-refractivity contribution is 5.48. The van der Waals surface area contributed by atoms with E-state index in [1.165, 1.54) is 11.1 Å². The first-order chi connectivity index (χ1) is 8.15. The number of rotatable bonds is 3. The van der Waals surface area contributed by atoms with Gasteiger partial charge in [-0.05, 0) is 54.8 Å².